The van der Waals surface area contributed by atoms with Crippen LogP contribution in [-0.2, 0) is 6.42 Å². The lowest BCUT2D eigenvalue weighted by atomic mass is 10.1. The van der Waals surface area contributed by atoms with Crippen molar-refractivity contribution in [1.29, 1.82) is 0 Å². The zero-order valence-corrected chi connectivity index (χ0v) is 11.3. The molecule has 1 aromatic heterocycles. The van der Waals surface area contributed by atoms with Gasteiger partial charge in [-0.25, -0.2) is 4.98 Å². The fraction of sp³-hybridized carbons (Fsp3) is 0.200. The third-order valence-corrected chi connectivity index (χ3v) is 2.82. The first-order valence-corrected chi connectivity index (χ1v) is 6.43. The molecule has 0 spiro atoms. The van der Waals surface area contributed by atoms with Gasteiger partial charge in [0.15, 0.2) is 5.84 Å². The Bertz CT molecular complexity index is 577. The summed E-state index contributed by atoms with van der Waals surface area (Å²) in [5, 5.41) is 11.5. The molecule has 0 amide bonds. The van der Waals surface area contributed by atoms with Gasteiger partial charge in [0.1, 0.15) is 5.75 Å². The highest BCUT2D eigenvalue weighted by molar-refractivity contribution is 5.96. The zero-order chi connectivity index (χ0) is 14.4. The van der Waals surface area contributed by atoms with Crippen LogP contribution in [-0.4, -0.2) is 16.0 Å². The molecule has 0 atom stereocenters. The van der Waals surface area contributed by atoms with Crippen LogP contribution in [0, 0.1) is 0 Å². The van der Waals surface area contributed by atoms with E-state index in [0.717, 1.165) is 18.6 Å². The first-order chi connectivity index (χ1) is 9.72. The summed E-state index contributed by atoms with van der Waals surface area (Å²) in [5.74, 6) is 1.21. The second-order valence-electron chi connectivity index (χ2n) is 4.37. The van der Waals surface area contributed by atoms with E-state index in [-0.39, 0.29) is 5.84 Å². The zero-order valence-electron chi connectivity index (χ0n) is 11.3. The van der Waals surface area contributed by atoms with Gasteiger partial charge in [-0.05, 0) is 30.2 Å². The van der Waals surface area contributed by atoms with Crippen molar-refractivity contribution in [2.24, 2.45) is 10.9 Å². The van der Waals surface area contributed by atoms with Crippen LogP contribution < -0.4 is 10.5 Å². The van der Waals surface area contributed by atoms with Gasteiger partial charge in [0.25, 0.3) is 0 Å². The number of benzene rings is 1. The molecule has 0 bridgehead atoms. The largest absolute Gasteiger partial charge is 0.439 e. The molecular weight excluding hydrogens is 254 g/mol. The van der Waals surface area contributed by atoms with Crippen LogP contribution in [0.2, 0.25) is 0 Å². The molecule has 3 N–H and O–H groups in total. The van der Waals surface area contributed by atoms with Crippen molar-refractivity contribution in [1.82, 2.24) is 4.98 Å². The van der Waals surface area contributed by atoms with Crippen molar-refractivity contribution in [2.45, 2.75) is 19.8 Å². The Kier molecular flexibility index (Phi) is 4.55. The van der Waals surface area contributed by atoms with Gasteiger partial charge < -0.3 is 15.7 Å². The van der Waals surface area contributed by atoms with E-state index in [1.165, 1.54) is 11.8 Å². The topological polar surface area (TPSA) is 80.7 Å². The van der Waals surface area contributed by atoms with E-state index in [1.807, 2.05) is 24.3 Å². The van der Waals surface area contributed by atoms with Crippen molar-refractivity contribution in [3.05, 3.63) is 53.7 Å². The van der Waals surface area contributed by atoms with E-state index < -0.39 is 0 Å². The molecule has 0 radical (unpaired) electrons. The molecule has 0 aliphatic heterocycles. The molecule has 2 aromatic rings. The number of aromatic nitrogens is 1. The molecule has 0 fully saturated rings. The first-order valence-electron chi connectivity index (χ1n) is 6.43. The molecular formula is C15H17N3O2. The number of amidine groups is 1. The quantitative estimate of drug-likeness (QED) is 0.379. The molecule has 0 unspecified atom stereocenters. The standard InChI is InChI=1S/C15H17N3O2/c1-2-3-11-4-7-13(8-5-11)20-14-9-6-12(10-17-14)15(16)18-19/h4-10,19H,2-3H2,1H3,(H2,16,18). The lowest BCUT2D eigenvalue weighted by Gasteiger charge is -2.06. The Balaban J connectivity index is 2.06. The summed E-state index contributed by atoms with van der Waals surface area (Å²) in [6.45, 7) is 2.15. The number of pyridine rings is 1. The Hall–Kier alpha value is -2.56. The fourth-order valence-corrected chi connectivity index (χ4v) is 1.78. The van der Waals surface area contributed by atoms with E-state index >= 15 is 0 Å². The number of aryl methyl sites for hydroxylation is 1. The normalized spacial score (nSPS) is 11.3. The maximum atomic E-state index is 8.57. The average molecular weight is 271 g/mol. The van der Waals surface area contributed by atoms with Gasteiger partial charge in [0, 0.05) is 17.8 Å². The first kappa shape index (κ1) is 13.9. The minimum atomic E-state index is 0.0213. The Morgan fingerprint density at radius 2 is 2.00 bits per heavy atom. The monoisotopic (exact) mass is 271 g/mol. The summed E-state index contributed by atoms with van der Waals surface area (Å²) < 4.78 is 5.63. The number of nitrogens with zero attached hydrogens (tertiary/aromatic N) is 2. The average Bonchev–Trinajstić information content (AvgIpc) is 2.49. The van der Waals surface area contributed by atoms with Gasteiger partial charge in [-0.15, -0.1) is 0 Å². The fourth-order valence-electron chi connectivity index (χ4n) is 1.78. The molecule has 0 saturated heterocycles. The minimum absolute atomic E-state index is 0.0213. The van der Waals surface area contributed by atoms with Crippen LogP contribution in [0.1, 0.15) is 24.5 Å². The van der Waals surface area contributed by atoms with E-state index in [2.05, 4.69) is 17.1 Å². The van der Waals surface area contributed by atoms with Crippen LogP contribution in [0.3, 0.4) is 0 Å². The second kappa shape index (κ2) is 6.56. The predicted molar refractivity (Wildman–Crippen MR) is 77.3 cm³/mol. The number of rotatable bonds is 5. The number of nitrogens with two attached hydrogens (primary N) is 1. The molecule has 104 valence electrons. The van der Waals surface area contributed by atoms with Gasteiger partial charge in [0.05, 0.1) is 0 Å². The maximum Gasteiger partial charge on any atom is 0.219 e. The van der Waals surface area contributed by atoms with Crippen molar-refractivity contribution in [2.75, 3.05) is 0 Å². The van der Waals surface area contributed by atoms with Crippen LogP contribution in [0.15, 0.2) is 47.8 Å². The van der Waals surface area contributed by atoms with Crippen molar-refractivity contribution >= 4 is 5.84 Å². The third-order valence-electron chi connectivity index (χ3n) is 2.82. The van der Waals surface area contributed by atoms with E-state index in [9.17, 15) is 0 Å². The summed E-state index contributed by atoms with van der Waals surface area (Å²) in [6, 6.07) is 11.3. The molecule has 0 aliphatic rings. The van der Waals surface area contributed by atoms with E-state index in [1.54, 1.807) is 12.1 Å². The highest BCUT2D eigenvalue weighted by Crippen LogP contribution is 2.20. The van der Waals surface area contributed by atoms with Crippen LogP contribution >= 0.6 is 0 Å². The van der Waals surface area contributed by atoms with Gasteiger partial charge in [-0.2, -0.15) is 0 Å². The number of oxime groups is 1. The van der Waals surface area contributed by atoms with Gasteiger partial charge >= 0.3 is 0 Å². The summed E-state index contributed by atoms with van der Waals surface area (Å²) >= 11 is 0. The highest BCUT2D eigenvalue weighted by Gasteiger charge is 2.02. The lowest BCUT2D eigenvalue weighted by molar-refractivity contribution is 0.318. The van der Waals surface area contributed by atoms with Crippen molar-refractivity contribution in [3.63, 3.8) is 0 Å². The van der Waals surface area contributed by atoms with E-state index in [4.69, 9.17) is 15.7 Å². The van der Waals surface area contributed by atoms with Gasteiger partial charge in [-0.3, -0.25) is 0 Å². The lowest BCUT2D eigenvalue weighted by Crippen LogP contribution is -2.13. The summed E-state index contributed by atoms with van der Waals surface area (Å²) in [6.07, 6.45) is 3.68. The molecule has 5 heteroatoms. The Labute approximate surface area is 117 Å². The molecule has 1 aromatic carbocycles. The van der Waals surface area contributed by atoms with Crippen LogP contribution in [0.4, 0.5) is 0 Å². The summed E-state index contributed by atoms with van der Waals surface area (Å²) in [4.78, 5) is 4.11. The predicted octanol–water partition coefficient (Wildman–Crippen LogP) is 2.92. The molecule has 20 heavy (non-hydrogen) atoms. The Morgan fingerprint density at radius 3 is 2.55 bits per heavy atom. The van der Waals surface area contributed by atoms with Crippen molar-refractivity contribution in [3.8, 4) is 11.6 Å². The maximum absolute atomic E-state index is 8.57. The highest BCUT2D eigenvalue weighted by atomic mass is 16.5. The van der Waals surface area contributed by atoms with Gasteiger partial charge in [0.2, 0.25) is 5.88 Å². The molecule has 1 heterocycles. The molecule has 5 nitrogen and oxygen atoms in total. The molecule has 2 rings (SSSR count). The Morgan fingerprint density at radius 1 is 1.25 bits per heavy atom. The van der Waals surface area contributed by atoms with Gasteiger partial charge in [-0.1, -0.05) is 30.6 Å². The number of hydrogen-bond acceptors (Lipinski definition) is 4. The minimum Gasteiger partial charge on any atom is -0.439 e. The van der Waals surface area contributed by atoms with E-state index in [0.29, 0.717) is 11.4 Å². The third kappa shape index (κ3) is 3.47. The summed E-state index contributed by atoms with van der Waals surface area (Å²) in [5.41, 5.74) is 7.29. The summed E-state index contributed by atoms with van der Waals surface area (Å²) in [7, 11) is 0. The number of ether oxygens (including phenoxy) is 1. The molecule has 0 aliphatic carbocycles. The number of hydrogen-bond donors (Lipinski definition) is 2. The molecule has 0 saturated carbocycles. The van der Waals surface area contributed by atoms with Crippen molar-refractivity contribution < 1.29 is 9.94 Å². The van der Waals surface area contributed by atoms with Crippen LogP contribution in [0.25, 0.3) is 0 Å². The second-order valence-corrected chi connectivity index (χ2v) is 4.37. The SMILES string of the molecule is CCCc1ccc(Oc2ccc(C(N)=NO)cn2)cc1. The van der Waals surface area contributed by atoms with Crippen LogP contribution in [0.5, 0.6) is 11.6 Å². The smallest absolute Gasteiger partial charge is 0.219 e.